The Kier molecular flexibility index (Phi) is 11.9. The number of likely N-dealkylation sites (tertiary alicyclic amines) is 1. The van der Waals surface area contributed by atoms with Crippen molar-refractivity contribution in [3.05, 3.63) is 22.4 Å². The topological polar surface area (TPSA) is 58.4 Å². The number of halogens is 2. The Hall–Kier alpha value is -0.330. The van der Waals surface area contributed by atoms with Gasteiger partial charge in [0.2, 0.25) is 5.91 Å². The Bertz CT molecular complexity index is 429. The maximum atomic E-state index is 11.7. The molecular formula is C16H29Cl2N3OS. The van der Waals surface area contributed by atoms with Crippen LogP contribution in [0.1, 0.15) is 37.5 Å². The summed E-state index contributed by atoms with van der Waals surface area (Å²) in [5, 5.41) is 5.20. The van der Waals surface area contributed by atoms with Crippen LogP contribution in [0.25, 0.3) is 0 Å². The zero-order valence-corrected chi connectivity index (χ0v) is 16.2. The number of nitrogens with one attached hydrogen (secondary N) is 1. The van der Waals surface area contributed by atoms with Gasteiger partial charge >= 0.3 is 0 Å². The first-order valence-electron chi connectivity index (χ1n) is 7.90. The summed E-state index contributed by atoms with van der Waals surface area (Å²) in [6, 6.07) is 4.41. The number of hydrogen-bond acceptors (Lipinski definition) is 4. The van der Waals surface area contributed by atoms with E-state index in [4.69, 9.17) is 5.73 Å². The van der Waals surface area contributed by atoms with Gasteiger partial charge in [0.1, 0.15) is 0 Å². The predicted octanol–water partition coefficient (Wildman–Crippen LogP) is 3.05. The smallest absolute Gasteiger partial charge is 0.220 e. The lowest BCUT2D eigenvalue weighted by molar-refractivity contribution is -0.121. The highest BCUT2D eigenvalue weighted by molar-refractivity contribution is 7.09. The van der Waals surface area contributed by atoms with Crippen molar-refractivity contribution >= 4 is 42.1 Å². The molecule has 0 bridgehead atoms. The van der Waals surface area contributed by atoms with Crippen molar-refractivity contribution in [3.8, 4) is 0 Å². The monoisotopic (exact) mass is 381 g/mol. The summed E-state index contributed by atoms with van der Waals surface area (Å²) in [5.74, 6) is 0.723. The molecule has 1 aromatic rings. The van der Waals surface area contributed by atoms with Gasteiger partial charge in [0.25, 0.3) is 0 Å². The van der Waals surface area contributed by atoms with Crippen LogP contribution < -0.4 is 11.1 Å². The van der Waals surface area contributed by atoms with Crippen molar-refractivity contribution < 1.29 is 4.79 Å². The molecule has 134 valence electrons. The highest BCUT2D eigenvalue weighted by Crippen LogP contribution is 2.19. The van der Waals surface area contributed by atoms with E-state index in [1.54, 1.807) is 0 Å². The number of nitrogens with zero attached hydrogens (tertiary/aromatic N) is 1. The van der Waals surface area contributed by atoms with E-state index in [-0.39, 0.29) is 36.8 Å². The number of carbonyl (C=O) groups excluding carboxylic acids is 1. The second-order valence-corrected chi connectivity index (χ2v) is 7.18. The molecule has 1 aliphatic rings. The van der Waals surface area contributed by atoms with Crippen molar-refractivity contribution in [3.63, 3.8) is 0 Å². The SMILES string of the molecule is CC(N)CCC(=O)NCC1CCCN(Cc2cccs2)C1.Cl.Cl. The zero-order chi connectivity index (χ0) is 15.1. The minimum atomic E-state index is 0. The predicted molar refractivity (Wildman–Crippen MR) is 103 cm³/mol. The minimum absolute atomic E-state index is 0. The molecule has 0 radical (unpaired) electrons. The number of rotatable bonds is 7. The Morgan fingerprint density at radius 3 is 2.96 bits per heavy atom. The summed E-state index contributed by atoms with van der Waals surface area (Å²) in [7, 11) is 0. The van der Waals surface area contributed by atoms with E-state index in [2.05, 4.69) is 27.7 Å². The molecule has 1 aliphatic heterocycles. The van der Waals surface area contributed by atoms with Crippen LogP contribution in [-0.2, 0) is 11.3 Å². The Morgan fingerprint density at radius 2 is 2.30 bits per heavy atom. The number of carbonyl (C=O) groups is 1. The van der Waals surface area contributed by atoms with Crippen LogP contribution >= 0.6 is 36.2 Å². The normalized spacial score (nSPS) is 19.3. The van der Waals surface area contributed by atoms with E-state index >= 15 is 0 Å². The molecule has 3 N–H and O–H groups in total. The van der Waals surface area contributed by atoms with Gasteiger partial charge in [-0.15, -0.1) is 36.2 Å². The largest absolute Gasteiger partial charge is 0.356 e. The third kappa shape index (κ3) is 8.91. The minimum Gasteiger partial charge on any atom is -0.356 e. The van der Waals surface area contributed by atoms with E-state index in [1.807, 2.05) is 18.3 Å². The summed E-state index contributed by atoms with van der Waals surface area (Å²) in [6.45, 7) is 6.06. The molecule has 1 saturated heterocycles. The van der Waals surface area contributed by atoms with Gasteiger partial charge in [-0.1, -0.05) is 6.07 Å². The fraction of sp³-hybridized carbons (Fsp3) is 0.688. The molecule has 2 atom stereocenters. The molecule has 0 aliphatic carbocycles. The van der Waals surface area contributed by atoms with Crippen molar-refractivity contribution in [1.29, 1.82) is 0 Å². The molecule has 0 spiro atoms. The molecule has 2 unspecified atom stereocenters. The van der Waals surface area contributed by atoms with Crippen LogP contribution in [0.15, 0.2) is 17.5 Å². The maximum Gasteiger partial charge on any atom is 0.220 e. The van der Waals surface area contributed by atoms with Crippen molar-refractivity contribution in [2.24, 2.45) is 11.7 Å². The number of piperidine rings is 1. The summed E-state index contributed by atoms with van der Waals surface area (Å²) >= 11 is 1.82. The van der Waals surface area contributed by atoms with Gasteiger partial charge in [-0.2, -0.15) is 0 Å². The average molecular weight is 382 g/mol. The molecule has 0 saturated carbocycles. The number of thiophene rings is 1. The first-order chi connectivity index (χ1) is 10.1. The molecule has 1 fully saturated rings. The Morgan fingerprint density at radius 1 is 1.52 bits per heavy atom. The van der Waals surface area contributed by atoms with E-state index < -0.39 is 0 Å². The summed E-state index contributed by atoms with van der Waals surface area (Å²) in [5.41, 5.74) is 5.68. The average Bonchev–Trinajstić information content (AvgIpc) is 2.96. The van der Waals surface area contributed by atoms with Gasteiger partial charge in [-0.25, -0.2) is 0 Å². The molecule has 2 heterocycles. The van der Waals surface area contributed by atoms with Gasteiger partial charge in [0, 0.05) is 37.0 Å². The lowest BCUT2D eigenvalue weighted by atomic mass is 9.98. The van der Waals surface area contributed by atoms with E-state index in [1.165, 1.54) is 24.3 Å². The third-order valence-electron chi connectivity index (χ3n) is 3.98. The molecule has 1 amide bonds. The summed E-state index contributed by atoms with van der Waals surface area (Å²) < 4.78 is 0. The van der Waals surface area contributed by atoms with Crippen LogP contribution in [0.5, 0.6) is 0 Å². The standard InChI is InChI=1S/C16H27N3OS.2ClH/c1-13(17)6-7-16(20)18-10-14-4-2-8-19(11-14)12-15-5-3-9-21-15;;/h3,5,9,13-14H,2,4,6-8,10-12,17H2,1H3,(H,18,20);2*1H. The van der Waals surface area contributed by atoms with Gasteiger partial charge < -0.3 is 11.1 Å². The maximum absolute atomic E-state index is 11.7. The van der Waals surface area contributed by atoms with Crippen LogP contribution in [0, 0.1) is 5.92 Å². The third-order valence-corrected chi connectivity index (χ3v) is 4.84. The van der Waals surface area contributed by atoms with Crippen molar-refractivity contribution in [2.45, 2.75) is 45.2 Å². The fourth-order valence-corrected chi connectivity index (χ4v) is 3.54. The van der Waals surface area contributed by atoms with E-state index in [9.17, 15) is 4.79 Å². The van der Waals surface area contributed by atoms with Gasteiger partial charge in [0.15, 0.2) is 0 Å². The molecule has 23 heavy (non-hydrogen) atoms. The number of amides is 1. The fourth-order valence-electron chi connectivity index (χ4n) is 2.79. The van der Waals surface area contributed by atoms with Gasteiger partial charge in [-0.3, -0.25) is 9.69 Å². The zero-order valence-electron chi connectivity index (χ0n) is 13.7. The number of hydrogen-bond donors (Lipinski definition) is 2. The lowest BCUT2D eigenvalue weighted by Crippen LogP contribution is -2.40. The highest BCUT2D eigenvalue weighted by atomic mass is 35.5. The molecule has 4 nitrogen and oxygen atoms in total. The van der Waals surface area contributed by atoms with Crippen LogP contribution in [0.4, 0.5) is 0 Å². The van der Waals surface area contributed by atoms with Crippen molar-refractivity contribution in [2.75, 3.05) is 19.6 Å². The first-order valence-corrected chi connectivity index (χ1v) is 8.78. The van der Waals surface area contributed by atoms with Crippen LogP contribution in [0.2, 0.25) is 0 Å². The molecular weight excluding hydrogens is 353 g/mol. The van der Waals surface area contributed by atoms with E-state index in [0.29, 0.717) is 12.3 Å². The van der Waals surface area contributed by atoms with E-state index in [0.717, 1.165) is 26.1 Å². The Balaban J connectivity index is 0.00000242. The Labute approximate surface area is 156 Å². The van der Waals surface area contributed by atoms with Crippen LogP contribution in [-0.4, -0.2) is 36.5 Å². The second kappa shape index (κ2) is 12.1. The summed E-state index contributed by atoms with van der Waals surface area (Å²) in [6.07, 6.45) is 3.75. The molecule has 0 aromatic carbocycles. The van der Waals surface area contributed by atoms with Gasteiger partial charge in [-0.05, 0) is 50.1 Å². The molecule has 7 heteroatoms. The number of nitrogens with two attached hydrogens (primary N) is 1. The quantitative estimate of drug-likeness (QED) is 0.762. The van der Waals surface area contributed by atoms with Crippen molar-refractivity contribution in [1.82, 2.24) is 10.2 Å². The second-order valence-electron chi connectivity index (χ2n) is 6.14. The van der Waals surface area contributed by atoms with Crippen LogP contribution in [0.3, 0.4) is 0 Å². The highest BCUT2D eigenvalue weighted by Gasteiger charge is 2.20. The summed E-state index contributed by atoms with van der Waals surface area (Å²) in [4.78, 5) is 15.7. The molecule has 1 aromatic heterocycles. The molecule has 2 rings (SSSR count). The first kappa shape index (κ1) is 22.7. The lowest BCUT2D eigenvalue weighted by Gasteiger charge is -2.32. The van der Waals surface area contributed by atoms with Gasteiger partial charge in [0.05, 0.1) is 0 Å².